The Morgan fingerprint density at radius 3 is 1.90 bits per heavy atom. The number of halogens is 5. The highest BCUT2D eigenvalue weighted by molar-refractivity contribution is 5.28. The van der Waals surface area contributed by atoms with E-state index in [2.05, 4.69) is 11.7 Å². The number of hydrogen-bond donors (Lipinski definition) is 0. The molecular weight excluding hydrogens is 511 g/mol. The largest absolute Gasteiger partial charge is 0.573 e. The molecule has 2 aromatic carbocycles. The maximum Gasteiger partial charge on any atom is 0.573 e. The third-order valence-corrected chi connectivity index (χ3v) is 7.86. The van der Waals surface area contributed by atoms with E-state index in [1.165, 1.54) is 94.9 Å². The van der Waals surface area contributed by atoms with E-state index in [4.69, 9.17) is 4.74 Å². The summed E-state index contributed by atoms with van der Waals surface area (Å²) in [5, 5.41) is 0. The first kappa shape index (κ1) is 31.4. The molecule has 0 bridgehead atoms. The van der Waals surface area contributed by atoms with Gasteiger partial charge in [0, 0.05) is 0 Å². The highest BCUT2D eigenvalue weighted by atomic mass is 19.4. The van der Waals surface area contributed by atoms with E-state index >= 15 is 0 Å². The minimum absolute atomic E-state index is 0.141. The van der Waals surface area contributed by atoms with E-state index in [-0.39, 0.29) is 24.3 Å². The molecule has 0 saturated heterocycles. The summed E-state index contributed by atoms with van der Waals surface area (Å²) in [5.41, 5.74) is 1.50. The van der Waals surface area contributed by atoms with Crippen LogP contribution < -0.4 is 4.74 Å². The molecule has 1 fully saturated rings. The first-order valence-corrected chi connectivity index (χ1v) is 14.6. The van der Waals surface area contributed by atoms with Gasteiger partial charge in [-0.2, -0.15) is 8.78 Å². The van der Waals surface area contributed by atoms with Crippen molar-refractivity contribution in [2.24, 2.45) is 5.92 Å². The molecule has 0 atom stereocenters. The Morgan fingerprint density at radius 2 is 1.31 bits per heavy atom. The number of alkyl halides is 5. The lowest BCUT2D eigenvalue weighted by Gasteiger charge is -2.29. The van der Waals surface area contributed by atoms with Crippen LogP contribution in [0.15, 0.2) is 48.5 Å². The van der Waals surface area contributed by atoms with Crippen LogP contribution in [0.5, 0.6) is 5.75 Å². The summed E-state index contributed by atoms with van der Waals surface area (Å²) in [4.78, 5) is 0. The van der Waals surface area contributed by atoms with Crippen LogP contribution >= 0.6 is 0 Å². The van der Waals surface area contributed by atoms with Crippen molar-refractivity contribution in [1.29, 1.82) is 0 Å². The van der Waals surface area contributed by atoms with Crippen LogP contribution in [0.25, 0.3) is 0 Å². The first-order valence-electron chi connectivity index (χ1n) is 14.6. The summed E-state index contributed by atoms with van der Waals surface area (Å²) in [7, 11) is 0. The maximum absolute atomic E-state index is 14.6. The van der Waals surface area contributed by atoms with Crippen LogP contribution in [0.4, 0.5) is 22.0 Å². The molecule has 39 heavy (non-hydrogen) atoms. The van der Waals surface area contributed by atoms with E-state index in [1.807, 2.05) is 0 Å². The topological polar surface area (TPSA) is 18.5 Å². The molecule has 0 unspecified atom stereocenters. The summed E-state index contributed by atoms with van der Waals surface area (Å²) < 4.78 is 74.7. The van der Waals surface area contributed by atoms with Crippen molar-refractivity contribution in [3.8, 4) is 5.75 Å². The van der Waals surface area contributed by atoms with Gasteiger partial charge in [0.25, 0.3) is 0 Å². The molecule has 0 aliphatic heterocycles. The first-order chi connectivity index (χ1) is 18.7. The van der Waals surface area contributed by atoms with E-state index in [0.29, 0.717) is 11.5 Å². The van der Waals surface area contributed by atoms with E-state index in [1.54, 1.807) is 12.1 Å². The summed E-state index contributed by atoms with van der Waals surface area (Å²) >= 11 is 0. The van der Waals surface area contributed by atoms with Gasteiger partial charge in [0.05, 0.1) is 12.2 Å². The monoisotopic (exact) mass is 554 g/mol. The lowest BCUT2D eigenvalue weighted by molar-refractivity contribution is -0.274. The zero-order valence-corrected chi connectivity index (χ0v) is 23.1. The lowest BCUT2D eigenvalue weighted by atomic mass is 9.77. The molecule has 0 amide bonds. The summed E-state index contributed by atoms with van der Waals surface area (Å²) in [6.07, 6.45) is 8.68. The zero-order chi connectivity index (χ0) is 28.1. The molecule has 2 aromatic rings. The van der Waals surface area contributed by atoms with Crippen LogP contribution in [0, 0.1) is 5.92 Å². The fraction of sp³-hybridized carbons (Fsp3) is 0.625. The highest BCUT2D eigenvalue weighted by Crippen LogP contribution is 2.39. The molecule has 0 heterocycles. The average Bonchev–Trinajstić information content (AvgIpc) is 2.91. The van der Waals surface area contributed by atoms with Gasteiger partial charge >= 0.3 is 12.5 Å². The van der Waals surface area contributed by atoms with Crippen molar-refractivity contribution in [3.05, 3.63) is 65.2 Å². The van der Waals surface area contributed by atoms with Crippen molar-refractivity contribution < 1.29 is 31.4 Å². The molecule has 1 aliphatic carbocycles. The Kier molecular flexibility index (Phi) is 12.5. The Labute approximate surface area is 230 Å². The minimum Gasteiger partial charge on any atom is -0.406 e. The van der Waals surface area contributed by atoms with Gasteiger partial charge in [-0.25, -0.2) is 0 Å². The lowest BCUT2D eigenvalue weighted by Crippen LogP contribution is -2.20. The molecule has 0 N–H and O–H groups in total. The molecule has 7 heteroatoms. The predicted octanol–water partition coefficient (Wildman–Crippen LogP) is 10.7. The molecule has 1 aliphatic rings. The number of hydrogen-bond acceptors (Lipinski definition) is 2. The Bertz CT molecular complexity index is 933. The highest BCUT2D eigenvalue weighted by Gasteiger charge is 2.33. The number of unbranched alkanes of at least 4 members (excludes halogenated alkanes) is 7. The Morgan fingerprint density at radius 1 is 0.718 bits per heavy atom. The van der Waals surface area contributed by atoms with Crippen molar-refractivity contribution in [2.45, 2.75) is 115 Å². The molecule has 2 nitrogen and oxygen atoms in total. The van der Waals surface area contributed by atoms with Gasteiger partial charge in [-0.3, -0.25) is 0 Å². The number of rotatable bonds is 16. The third-order valence-electron chi connectivity index (χ3n) is 7.86. The quantitative estimate of drug-likeness (QED) is 0.152. The molecule has 1 saturated carbocycles. The van der Waals surface area contributed by atoms with Gasteiger partial charge in [-0.1, -0.05) is 101 Å². The second-order valence-electron chi connectivity index (χ2n) is 10.9. The van der Waals surface area contributed by atoms with Crippen LogP contribution in [-0.2, 0) is 17.3 Å². The Balaban J connectivity index is 1.35. The van der Waals surface area contributed by atoms with Gasteiger partial charge in [0.15, 0.2) is 0 Å². The fourth-order valence-electron chi connectivity index (χ4n) is 5.54. The summed E-state index contributed by atoms with van der Waals surface area (Å²) in [5.74, 6) is 0.869. The van der Waals surface area contributed by atoms with Crippen molar-refractivity contribution >= 4 is 0 Å². The fourth-order valence-corrected chi connectivity index (χ4v) is 5.54. The smallest absolute Gasteiger partial charge is 0.406 e. The van der Waals surface area contributed by atoms with Gasteiger partial charge in [-0.15, -0.1) is 13.2 Å². The normalized spacial score (nSPS) is 18.3. The van der Waals surface area contributed by atoms with Gasteiger partial charge < -0.3 is 9.47 Å². The maximum atomic E-state index is 14.6. The standard InChI is InChI=1S/C32H43F5O2/c1-2-3-4-5-6-7-8-9-10-25-11-15-27(16-12-25)28-17-19-29(20-18-28)31(33,34)38-24-23-26-13-21-30(22-14-26)39-32(35,36)37/h13-14,17-22,25,27H,2-12,15-16,23-24H2,1H3. The number of benzene rings is 2. The van der Waals surface area contributed by atoms with Crippen LogP contribution in [-0.4, -0.2) is 13.0 Å². The second-order valence-corrected chi connectivity index (χ2v) is 10.9. The van der Waals surface area contributed by atoms with Gasteiger partial charge in [0.2, 0.25) is 0 Å². The molecule has 0 aromatic heterocycles. The molecule has 3 rings (SSSR count). The SMILES string of the molecule is CCCCCCCCCCC1CCC(c2ccc(C(F)(F)OCCc3ccc(OC(F)(F)F)cc3)cc2)CC1. The minimum atomic E-state index is -4.77. The van der Waals surface area contributed by atoms with Crippen molar-refractivity contribution in [1.82, 2.24) is 0 Å². The van der Waals surface area contributed by atoms with E-state index < -0.39 is 12.5 Å². The summed E-state index contributed by atoms with van der Waals surface area (Å²) in [6, 6.07) is 11.6. The molecular formula is C32H43F5O2. The molecule has 0 spiro atoms. The summed E-state index contributed by atoms with van der Waals surface area (Å²) in [6.45, 7) is 1.98. The van der Waals surface area contributed by atoms with Crippen LogP contribution in [0.1, 0.15) is 113 Å². The van der Waals surface area contributed by atoms with Crippen molar-refractivity contribution in [2.75, 3.05) is 6.61 Å². The molecule has 218 valence electrons. The average molecular weight is 555 g/mol. The van der Waals surface area contributed by atoms with Gasteiger partial charge in [-0.05, 0) is 67.2 Å². The predicted molar refractivity (Wildman–Crippen MR) is 145 cm³/mol. The second kappa shape index (κ2) is 15.6. The van der Waals surface area contributed by atoms with Gasteiger partial charge in [0.1, 0.15) is 5.75 Å². The Hall–Kier alpha value is -2.15. The van der Waals surface area contributed by atoms with Crippen LogP contribution in [0.3, 0.4) is 0 Å². The molecule has 0 radical (unpaired) electrons. The third kappa shape index (κ3) is 11.5. The van der Waals surface area contributed by atoms with E-state index in [9.17, 15) is 22.0 Å². The number of ether oxygens (including phenoxy) is 2. The van der Waals surface area contributed by atoms with Crippen molar-refractivity contribution in [3.63, 3.8) is 0 Å². The van der Waals surface area contributed by atoms with E-state index in [0.717, 1.165) is 36.5 Å². The zero-order valence-electron chi connectivity index (χ0n) is 23.1. The van der Waals surface area contributed by atoms with Crippen LogP contribution in [0.2, 0.25) is 0 Å².